The van der Waals surface area contributed by atoms with Crippen LogP contribution >= 0.6 is 11.8 Å². The smallest absolute Gasteiger partial charge is 0.288 e. The lowest BCUT2D eigenvalue weighted by Crippen LogP contribution is -2.14. The third kappa shape index (κ3) is 4.16. The molecule has 1 amide bonds. The molecule has 110 valence electrons. The third-order valence-corrected chi connectivity index (χ3v) is 3.42. The highest BCUT2D eigenvalue weighted by molar-refractivity contribution is 7.99. The van der Waals surface area contributed by atoms with Crippen molar-refractivity contribution < 1.29 is 13.6 Å². The molecule has 0 spiro atoms. The normalized spacial score (nSPS) is 10.5. The van der Waals surface area contributed by atoms with E-state index in [2.05, 4.69) is 15.6 Å². The quantitative estimate of drug-likeness (QED) is 0.827. The van der Waals surface area contributed by atoms with Gasteiger partial charge >= 0.3 is 0 Å². The number of pyridine rings is 1. The second-order valence-corrected chi connectivity index (χ2v) is 5.04. The number of rotatable bonds is 5. The molecule has 21 heavy (non-hydrogen) atoms. The van der Waals surface area contributed by atoms with Crippen molar-refractivity contribution in [3.63, 3.8) is 0 Å². The third-order valence-electron chi connectivity index (χ3n) is 2.63. The summed E-state index contributed by atoms with van der Waals surface area (Å²) in [6.07, 6.45) is 1.50. The summed E-state index contributed by atoms with van der Waals surface area (Å²) >= 11 is 0.389. The maximum Gasteiger partial charge on any atom is 0.288 e. The van der Waals surface area contributed by atoms with E-state index in [-0.39, 0.29) is 5.69 Å². The van der Waals surface area contributed by atoms with Crippen molar-refractivity contribution in [2.75, 3.05) is 17.7 Å². The van der Waals surface area contributed by atoms with Crippen LogP contribution in [-0.4, -0.2) is 23.7 Å². The Labute approximate surface area is 125 Å². The SMILES string of the molecule is CNc1ccnc(C(=O)Nc2ccccc2SC(F)F)c1. The lowest BCUT2D eigenvalue weighted by molar-refractivity contribution is 0.102. The summed E-state index contributed by atoms with van der Waals surface area (Å²) in [7, 11) is 1.73. The number of nitrogens with zero attached hydrogens (tertiary/aromatic N) is 1. The highest BCUT2D eigenvalue weighted by Crippen LogP contribution is 2.31. The fourth-order valence-electron chi connectivity index (χ4n) is 1.67. The topological polar surface area (TPSA) is 54.0 Å². The minimum Gasteiger partial charge on any atom is -0.388 e. The number of thioether (sulfide) groups is 1. The summed E-state index contributed by atoms with van der Waals surface area (Å²) in [4.78, 5) is 16.4. The Morgan fingerprint density at radius 2 is 2.05 bits per heavy atom. The van der Waals surface area contributed by atoms with Gasteiger partial charge in [-0.1, -0.05) is 23.9 Å². The van der Waals surface area contributed by atoms with Gasteiger partial charge in [-0.3, -0.25) is 9.78 Å². The predicted molar refractivity (Wildman–Crippen MR) is 80.0 cm³/mol. The molecule has 0 radical (unpaired) electrons. The largest absolute Gasteiger partial charge is 0.388 e. The van der Waals surface area contributed by atoms with Crippen LogP contribution in [0.1, 0.15) is 10.5 Å². The molecule has 0 unspecified atom stereocenters. The molecule has 0 saturated carbocycles. The first-order valence-electron chi connectivity index (χ1n) is 6.09. The fourth-order valence-corrected chi connectivity index (χ4v) is 2.26. The van der Waals surface area contributed by atoms with Crippen LogP contribution in [0.2, 0.25) is 0 Å². The van der Waals surface area contributed by atoms with E-state index in [0.717, 1.165) is 5.69 Å². The van der Waals surface area contributed by atoms with Gasteiger partial charge in [-0.05, 0) is 24.3 Å². The van der Waals surface area contributed by atoms with E-state index in [9.17, 15) is 13.6 Å². The first-order chi connectivity index (χ1) is 10.1. The van der Waals surface area contributed by atoms with Crippen molar-refractivity contribution in [1.82, 2.24) is 4.98 Å². The van der Waals surface area contributed by atoms with Crippen molar-refractivity contribution in [2.24, 2.45) is 0 Å². The fraction of sp³-hybridized carbons (Fsp3) is 0.143. The van der Waals surface area contributed by atoms with E-state index in [1.807, 2.05) is 0 Å². The standard InChI is InChI=1S/C14H13F2N3OS/c1-17-9-6-7-18-11(8-9)13(20)19-10-4-2-3-5-12(10)21-14(15)16/h2-8,14H,1H3,(H,17,18)(H,19,20). The van der Waals surface area contributed by atoms with Gasteiger partial charge in [-0.15, -0.1) is 0 Å². The first-order valence-corrected chi connectivity index (χ1v) is 6.97. The lowest BCUT2D eigenvalue weighted by Gasteiger charge is -2.10. The van der Waals surface area contributed by atoms with E-state index in [1.54, 1.807) is 37.4 Å². The maximum atomic E-state index is 12.5. The van der Waals surface area contributed by atoms with Crippen LogP contribution in [0.5, 0.6) is 0 Å². The van der Waals surface area contributed by atoms with Gasteiger partial charge in [-0.25, -0.2) is 0 Å². The lowest BCUT2D eigenvalue weighted by atomic mass is 10.2. The van der Waals surface area contributed by atoms with Gasteiger partial charge in [0.2, 0.25) is 0 Å². The second kappa shape index (κ2) is 7.03. The Bertz CT molecular complexity index is 637. The van der Waals surface area contributed by atoms with Gasteiger partial charge in [-0.2, -0.15) is 8.78 Å². The molecule has 0 saturated heterocycles. The number of para-hydroxylation sites is 1. The summed E-state index contributed by atoms with van der Waals surface area (Å²) in [5, 5.41) is 5.50. The zero-order valence-corrected chi connectivity index (χ0v) is 12.0. The molecule has 2 aromatic rings. The van der Waals surface area contributed by atoms with Crippen molar-refractivity contribution in [1.29, 1.82) is 0 Å². The Balaban J connectivity index is 2.19. The molecular formula is C14H13F2N3OS. The zero-order valence-electron chi connectivity index (χ0n) is 11.1. The molecule has 4 nitrogen and oxygen atoms in total. The van der Waals surface area contributed by atoms with Crippen LogP contribution in [0.4, 0.5) is 20.2 Å². The Morgan fingerprint density at radius 3 is 2.76 bits per heavy atom. The maximum absolute atomic E-state index is 12.5. The number of aromatic nitrogens is 1. The summed E-state index contributed by atoms with van der Waals surface area (Å²) in [5.74, 6) is -3.00. The molecule has 1 aromatic carbocycles. The molecule has 0 aliphatic rings. The molecule has 2 rings (SSSR count). The molecule has 0 bridgehead atoms. The number of carbonyl (C=O) groups is 1. The van der Waals surface area contributed by atoms with Crippen molar-refractivity contribution >= 4 is 29.0 Å². The average molecular weight is 309 g/mol. The van der Waals surface area contributed by atoms with Crippen LogP contribution in [-0.2, 0) is 0 Å². The molecule has 1 aromatic heterocycles. The van der Waals surface area contributed by atoms with Gasteiger partial charge in [0.05, 0.1) is 5.69 Å². The minimum absolute atomic E-state index is 0.207. The van der Waals surface area contributed by atoms with Crippen molar-refractivity contribution in [3.8, 4) is 0 Å². The first kappa shape index (κ1) is 15.2. The number of hydrogen-bond acceptors (Lipinski definition) is 4. The molecule has 7 heteroatoms. The van der Waals surface area contributed by atoms with E-state index in [4.69, 9.17) is 0 Å². The van der Waals surface area contributed by atoms with Gasteiger partial charge in [0.25, 0.3) is 11.7 Å². The van der Waals surface area contributed by atoms with Gasteiger partial charge in [0.15, 0.2) is 0 Å². The molecular weight excluding hydrogens is 296 g/mol. The summed E-state index contributed by atoms with van der Waals surface area (Å²) in [5.41, 5.74) is 1.29. The number of alkyl halides is 2. The number of anilines is 2. The van der Waals surface area contributed by atoms with E-state index >= 15 is 0 Å². The molecule has 0 aliphatic heterocycles. The molecule has 0 fully saturated rings. The number of hydrogen-bond donors (Lipinski definition) is 2. The molecule has 0 atom stereocenters. The van der Waals surface area contributed by atoms with Crippen LogP contribution in [0.3, 0.4) is 0 Å². The minimum atomic E-state index is -2.55. The second-order valence-electron chi connectivity index (χ2n) is 4.01. The van der Waals surface area contributed by atoms with Gasteiger partial charge < -0.3 is 10.6 Å². The van der Waals surface area contributed by atoms with Crippen LogP contribution < -0.4 is 10.6 Å². The summed E-state index contributed by atoms with van der Waals surface area (Å²) in [6.45, 7) is 0. The van der Waals surface area contributed by atoms with Gasteiger partial charge in [0.1, 0.15) is 5.69 Å². The summed E-state index contributed by atoms with van der Waals surface area (Å²) < 4.78 is 25.0. The Hall–Kier alpha value is -2.15. The van der Waals surface area contributed by atoms with E-state index < -0.39 is 11.7 Å². The zero-order chi connectivity index (χ0) is 15.2. The van der Waals surface area contributed by atoms with E-state index in [1.165, 1.54) is 12.3 Å². The number of halogens is 2. The number of carbonyl (C=O) groups excluding carboxylic acids is 1. The monoisotopic (exact) mass is 309 g/mol. The molecule has 1 heterocycles. The number of benzene rings is 1. The highest BCUT2D eigenvalue weighted by atomic mass is 32.2. The highest BCUT2D eigenvalue weighted by Gasteiger charge is 2.13. The van der Waals surface area contributed by atoms with Crippen molar-refractivity contribution in [3.05, 3.63) is 48.3 Å². The van der Waals surface area contributed by atoms with Crippen LogP contribution in [0, 0.1) is 0 Å². The van der Waals surface area contributed by atoms with Crippen molar-refractivity contribution in [2.45, 2.75) is 10.7 Å². The Morgan fingerprint density at radius 1 is 1.29 bits per heavy atom. The number of nitrogens with one attached hydrogen (secondary N) is 2. The van der Waals surface area contributed by atoms with E-state index in [0.29, 0.717) is 22.3 Å². The number of amides is 1. The Kier molecular flexibility index (Phi) is 5.10. The predicted octanol–water partition coefficient (Wildman–Crippen LogP) is 3.69. The van der Waals surface area contributed by atoms with Crippen LogP contribution in [0.15, 0.2) is 47.5 Å². The van der Waals surface area contributed by atoms with Crippen LogP contribution in [0.25, 0.3) is 0 Å². The summed E-state index contributed by atoms with van der Waals surface area (Å²) in [6, 6.07) is 9.72. The average Bonchev–Trinajstić information content (AvgIpc) is 2.48. The molecule has 0 aliphatic carbocycles. The molecule has 2 N–H and O–H groups in total. The van der Waals surface area contributed by atoms with Gasteiger partial charge in [0, 0.05) is 23.8 Å².